The molecule has 1 aromatic carbocycles. The number of hydrogen-bond acceptors (Lipinski definition) is 3. The molecule has 0 amide bonds. The van der Waals surface area contributed by atoms with Gasteiger partial charge in [-0.3, -0.25) is 0 Å². The van der Waals surface area contributed by atoms with Gasteiger partial charge in [-0.2, -0.15) is 5.26 Å². The molecule has 1 aromatic rings. The van der Waals surface area contributed by atoms with Crippen molar-refractivity contribution in [3.05, 3.63) is 35.4 Å². The second-order valence-corrected chi connectivity index (χ2v) is 3.93. The first-order valence-electron chi connectivity index (χ1n) is 3.82. The van der Waals surface area contributed by atoms with Crippen LogP contribution in [0.2, 0.25) is 0 Å². The van der Waals surface area contributed by atoms with Crippen molar-refractivity contribution in [1.82, 2.24) is 0 Å². The molecule has 0 bridgehead atoms. The van der Waals surface area contributed by atoms with Crippen LogP contribution in [0, 0.1) is 18.3 Å². The molecule has 0 saturated heterocycles. The van der Waals surface area contributed by atoms with E-state index in [0.29, 0.717) is 4.20 Å². The molecule has 0 aromatic heterocycles. The number of aryl methyl sites for hydroxylation is 1. The van der Waals surface area contributed by atoms with Crippen molar-refractivity contribution in [2.24, 2.45) is 0 Å². The Hall–Kier alpha value is 0.0200. The zero-order chi connectivity index (χ0) is 9.84. The summed E-state index contributed by atoms with van der Waals surface area (Å²) in [4.78, 5) is 0. The first-order chi connectivity index (χ1) is 6.15. The molecule has 0 aliphatic rings. The Kier molecular flexibility index (Phi) is 6.50. The predicted octanol–water partition coefficient (Wildman–Crippen LogP) is -0.520. The molecule has 66 valence electrons. The molecule has 14 heavy (non-hydrogen) atoms. The number of hydrogen-bond donors (Lipinski definition) is 0. The number of nitrogens with zero attached hydrogens (tertiary/aromatic N) is 1. The van der Waals surface area contributed by atoms with Crippen molar-refractivity contribution in [2.45, 2.75) is 12.8 Å². The van der Waals surface area contributed by atoms with Crippen molar-refractivity contribution < 1.29 is 29.6 Å². The third-order valence-corrected chi connectivity index (χ3v) is 2.25. The van der Waals surface area contributed by atoms with Gasteiger partial charge in [0.1, 0.15) is 0 Å². The van der Waals surface area contributed by atoms with Crippen LogP contribution < -0.4 is 29.6 Å². The van der Waals surface area contributed by atoms with Crippen molar-refractivity contribution in [3.63, 3.8) is 0 Å². The van der Waals surface area contributed by atoms with Gasteiger partial charge in [-0.25, -0.2) is 0 Å². The third-order valence-electron chi connectivity index (χ3n) is 1.78. The summed E-state index contributed by atoms with van der Waals surface area (Å²) in [6.07, 6.45) is 0. The number of thiocarbonyl (C=S) groups is 1. The fourth-order valence-corrected chi connectivity index (χ4v) is 1.40. The molecular weight excluding hydrogens is 221 g/mol. The largest absolute Gasteiger partial charge is 1.00 e. The third kappa shape index (κ3) is 3.64. The average Bonchev–Trinajstić information content (AvgIpc) is 2.09. The van der Waals surface area contributed by atoms with Crippen LogP contribution in [0.15, 0.2) is 24.3 Å². The molecule has 0 aliphatic heterocycles. The molecule has 0 aliphatic carbocycles. The van der Waals surface area contributed by atoms with Crippen molar-refractivity contribution >= 4 is 29.0 Å². The van der Waals surface area contributed by atoms with E-state index in [4.69, 9.17) is 30.1 Å². The van der Waals surface area contributed by atoms with Crippen LogP contribution in [0.25, 0.3) is 0 Å². The molecule has 0 heterocycles. The molecular formula is C10H8NNaS2. The summed E-state index contributed by atoms with van der Waals surface area (Å²) in [5, 5.41) is 8.82. The van der Waals surface area contributed by atoms with Gasteiger partial charge in [0.05, 0.1) is 12.0 Å². The Bertz CT molecular complexity index is 353. The van der Waals surface area contributed by atoms with E-state index in [2.05, 4.69) is 6.07 Å². The Labute approximate surface area is 117 Å². The summed E-state index contributed by atoms with van der Waals surface area (Å²) >= 11 is 9.65. The summed E-state index contributed by atoms with van der Waals surface area (Å²) in [5.41, 5.74) is 2.05. The summed E-state index contributed by atoms with van der Waals surface area (Å²) in [7, 11) is 0. The van der Waals surface area contributed by atoms with Crippen LogP contribution >= 0.6 is 12.2 Å². The van der Waals surface area contributed by atoms with E-state index in [1.165, 1.54) is 0 Å². The van der Waals surface area contributed by atoms with E-state index in [1.807, 2.05) is 31.2 Å². The maximum Gasteiger partial charge on any atom is 1.00 e. The SMILES string of the molecule is Cc1ccc(C(C#N)C(=S)[S-])cc1.[Na+]. The zero-order valence-corrected chi connectivity index (χ0v) is 11.8. The maximum absolute atomic E-state index is 8.82. The van der Waals surface area contributed by atoms with Gasteiger partial charge in [0.15, 0.2) is 0 Å². The second kappa shape index (κ2) is 6.49. The van der Waals surface area contributed by atoms with Gasteiger partial charge in [0, 0.05) is 0 Å². The molecule has 1 unspecified atom stereocenters. The zero-order valence-electron chi connectivity index (χ0n) is 8.15. The van der Waals surface area contributed by atoms with Crippen molar-refractivity contribution in [2.75, 3.05) is 0 Å². The van der Waals surface area contributed by atoms with E-state index >= 15 is 0 Å². The summed E-state index contributed by atoms with van der Waals surface area (Å²) in [6.45, 7) is 2.00. The fraction of sp³-hybridized carbons (Fsp3) is 0.200. The first-order valence-corrected chi connectivity index (χ1v) is 4.64. The molecule has 1 nitrogen and oxygen atoms in total. The minimum Gasteiger partial charge on any atom is -0.431 e. The van der Waals surface area contributed by atoms with Gasteiger partial charge in [-0.05, 0) is 12.5 Å². The van der Waals surface area contributed by atoms with Crippen LogP contribution in [0.5, 0.6) is 0 Å². The Balaban J connectivity index is 0.00000169. The smallest absolute Gasteiger partial charge is 0.431 e. The van der Waals surface area contributed by atoms with Crippen LogP contribution in [-0.2, 0) is 12.6 Å². The molecule has 4 heteroatoms. The van der Waals surface area contributed by atoms with E-state index < -0.39 is 5.92 Å². The molecule has 1 atom stereocenters. The van der Waals surface area contributed by atoms with E-state index in [1.54, 1.807) is 0 Å². The molecule has 1 rings (SSSR count). The Morgan fingerprint density at radius 3 is 2.29 bits per heavy atom. The van der Waals surface area contributed by atoms with E-state index in [-0.39, 0.29) is 29.6 Å². The van der Waals surface area contributed by atoms with Crippen LogP contribution in [-0.4, -0.2) is 4.20 Å². The molecule has 0 N–H and O–H groups in total. The van der Waals surface area contributed by atoms with Gasteiger partial charge < -0.3 is 24.8 Å². The normalized spacial score (nSPS) is 10.9. The van der Waals surface area contributed by atoms with Crippen LogP contribution in [0.1, 0.15) is 17.0 Å². The monoisotopic (exact) mass is 229 g/mol. The summed E-state index contributed by atoms with van der Waals surface area (Å²) in [5.74, 6) is -0.425. The first kappa shape index (κ1) is 14.0. The maximum atomic E-state index is 8.82. The van der Waals surface area contributed by atoms with Gasteiger partial charge in [0.2, 0.25) is 0 Å². The topological polar surface area (TPSA) is 23.8 Å². The quantitative estimate of drug-likeness (QED) is 0.387. The number of rotatable bonds is 2. The van der Waals surface area contributed by atoms with Gasteiger partial charge in [-0.1, -0.05) is 29.8 Å². The van der Waals surface area contributed by atoms with Crippen LogP contribution in [0.4, 0.5) is 0 Å². The second-order valence-electron chi connectivity index (χ2n) is 2.79. The molecule has 0 radical (unpaired) electrons. The fourth-order valence-electron chi connectivity index (χ4n) is 1.02. The van der Waals surface area contributed by atoms with Crippen LogP contribution in [0.3, 0.4) is 0 Å². The van der Waals surface area contributed by atoms with Crippen molar-refractivity contribution in [1.29, 1.82) is 5.26 Å². The van der Waals surface area contributed by atoms with Gasteiger partial charge >= 0.3 is 29.6 Å². The predicted molar refractivity (Wildman–Crippen MR) is 59.5 cm³/mol. The van der Waals surface area contributed by atoms with Gasteiger partial charge in [-0.15, -0.1) is 4.20 Å². The van der Waals surface area contributed by atoms with Gasteiger partial charge in [0.25, 0.3) is 0 Å². The summed E-state index contributed by atoms with van der Waals surface area (Å²) in [6, 6.07) is 9.78. The minimum absolute atomic E-state index is 0. The number of nitriles is 1. The number of benzene rings is 1. The molecule has 0 saturated carbocycles. The Morgan fingerprint density at radius 2 is 1.93 bits per heavy atom. The van der Waals surface area contributed by atoms with E-state index in [0.717, 1.165) is 11.1 Å². The average molecular weight is 229 g/mol. The Morgan fingerprint density at radius 1 is 1.43 bits per heavy atom. The molecule has 0 fully saturated rings. The summed E-state index contributed by atoms with van der Waals surface area (Å²) < 4.78 is 0.311. The molecule has 0 spiro atoms. The standard InChI is InChI=1S/C10H9NS2.Na/c1-7-2-4-8(5-3-7)9(6-11)10(12)13;/h2-5,9H,1H3,(H,12,13);/q;+1/p-1. The van der Waals surface area contributed by atoms with E-state index in [9.17, 15) is 0 Å². The van der Waals surface area contributed by atoms with Crippen molar-refractivity contribution in [3.8, 4) is 6.07 Å². The minimum atomic E-state index is -0.425.